The highest BCUT2D eigenvalue weighted by Gasteiger charge is 2.04. The third-order valence-corrected chi connectivity index (χ3v) is 3.37. The Hall–Kier alpha value is -1.94. The summed E-state index contributed by atoms with van der Waals surface area (Å²) in [5.74, 6) is -0.376. The van der Waals surface area contributed by atoms with E-state index in [2.05, 4.69) is 15.9 Å². The van der Waals surface area contributed by atoms with E-state index in [1.54, 1.807) is 30.3 Å². The SMILES string of the molecule is Nc1ccc(/C=C/C(=O)Cc2ccc(F)c(Br)c2)cc1. The molecule has 2 nitrogen and oxygen atoms in total. The van der Waals surface area contributed by atoms with E-state index < -0.39 is 0 Å². The number of anilines is 1. The number of carbonyl (C=O) groups is 1. The molecular weight excluding hydrogens is 321 g/mol. The fraction of sp³-hybridized carbons (Fsp3) is 0.0625. The zero-order valence-corrected chi connectivity index (χ0v) is 12.2. The molecule has 0 spiro atoms. The van der Waals surface area contributed by atoms with Crippen molar-refractivity contribution in [3.63, 3.8) is 0 Å². The summed E-state index contributed by atoms with van der Waals surface area (Å²) in [6.45, 7) is 0. The number of nitrogen functional groups attached to an aromatic ring is 1. The lowest BCUT2D eigenvalue weighted by atomic mass is 10.1. The van der Waals surface area contributed by atoms with Crippen molar-refractivity contribution in [2.75, 3.05) is 5.73 Å². The van der Waals surface area contributed by atoms with Gasteiger partial charge < -0.3 is 5.73 Å². The molecule has 0 radical (unpaired) electrons. The highest BCUT2D eigenvalue weighted by atomic mass is 79.9. The van der Waals surface area contributed by atoms with Gasteiger partial charge in [0.25, 0.3) is 0 Å². The molecule has 0 fully saturated rings. The van der Waals surface area contributed by atoms with Gasteiger partial charge in [-0.15, -0.1) is 0 Å². The van der Waals surface area contributed by atoms with Crippen molar-refractivity contribution in [2.45, 2.75) is 6.42 Å². The lowest BCUT2D eigenvalue weighted by molar-refractivity contribution is -0.113. The molecular formula is C16H13BrFNO. The summed E-state index contributed by atoms with van der Waals surface area (Å²) in [6, 6.07) is 11.8. The molecule has 20 heavy (non-hydrogen) atoms. The molecule has 102 valence electrons. The van der Waals surface area contributed by atoms with Crippen LogP contribution in [-0.4, -0.2) is 5.78 Å². The van der Waals surface area contributed by atoms with Crippen LogP contribution in [0.5, 0.6) is 0 Å². The molecule has 2 N–H and O–H groups in total. The Morgan fingerprint density at radius 2 is 1.90 bits per heavy atom. The summed E-state index contributed by atoms with van der Waals surface area (Å²) in [4.78, 5) is 11.8. The van der Waals surface area contributed by atoms with Crippen LogP contribution in [0.15, 0.2) is 53.0 Å². The van der Waals surface area contributed by atoms with Crippen molar-refractivity contribution < 1.29 is 9.18 Å². The molecule has 0 unspecified atom stereocenters. The molecule has 0 bridgehead atoms. The van der Waals surface area contributed by atoms with Gasteiger partial charge in [-0.25, -0.2) is 4.39 Å². The number of nitrogens with two attached hydrogens (primary N) is 1. The van der Waals surface area contributed by atoms with E-state index in [-0.39, 0.29) is 18.0 Å². The van der Waals surface area contributed by atoms with Crippen molar-refractivity contribution in [3.05, 3.63) is 70.0 Å². The molecule has 0 saturated heterocycles. The molecule has 0 aliphatic heterocycles. The number of hydrogen-bond acceptors (Lipinski definition) is 2. The van der Waals surface area contributed by atoms with Crippen LogP contribution in [0.2, 0.25) is 0 Å². The van der Waals surface area contributed by atoms with E-state index in [1.807, 2.05) is 12.1 Å². The first-order valence-corrected chi connectivity index (χ1v) is 6.84. The number of hydrogen-bond donors (Lipinski definition) is 1. The molecule has 2 rings (SSSR count). The van der Waals surface area contributed by atoms with Gasteiger partial charge in [0.05, 0.1) is 4.47 Å². The van der Waals surface area contributed by atoms with Crippen LogP contribution < -0.4 is 5.73 Å². The first kappa shape index (κ1) is 14.5. The molecule has 0 aromatic heterocycles. The number of ketones is 1. The van der Waals surface area contributed by atoms with Crippen molar-refractivity contribution in [2.24, 2.45) is 0 Å². The highest BCUT2D eigenvalue weighted by Crippen LogP contribution is 2.17. The Morgan fingerprint density at radius 1 is 1.20 bits per heavy atom. The molecule has 0 atom stereocenters. The zero-order chi connectivity index (χ0) is 14.5. The standard InChI is InChI=1S/C16H13BrFNO/c17-15-10-12(4-8-16(15)18)9-14(20)7-3-11-1-5-13(19)6-2-11/h1-8,10H,9,19H2/b7-3+. The van der Waals surface area contributed by atoms with E-state index in [1.165, 1.54) is 12.1 Å². The van der Waals surface area contributed by atoms with Gasteiger partial charge in [-0.1, -0.05) is 24.3 Å². The van der Waals surface area contributed by atoms with Crippen LogP contribution in [0.3, 0.4) is 0 Å². The molecule has 0 aliphatic carbocycles. The van der Waals surface area contributed by atoms with Gasteiger partial charge in [0.1, 0.15) is 5.82 Å². The fourth-order valence-corrected chi connectivity index (χ4v) is 2.13. The van der Waals surface area contributed by atoms with Gasteiger partial charge >= 0.3 is 0 Å². The quantitative estimate of drug-likeness (QED) is 0.678. The van der Waals surface area contributed by atoms with Crippen LogP contribution in [0, 0.1) is 5.82 Å². The Balaban J connectivity index is 2.01. The molecule has 0 aliphatic rings. The van der Waals surface area contributed by atoms with Crippen LogP contribution in [-0.2, 0) is 11.2 Å². The average molecular weight is 334 g/mol. The number of halogens is 2. The van der Waals surface area contributed by atoms with Gasteiger partial charge in [0.2, 0.25) is 0 Å². The monoisotopic (exact) mass is 333 g/mol. The average Bonchev–Trinajstić information content (AvgIpc) is 2.42. The van der Waals surface area contributed by atoms with E-state index in [9.17, 15) is 9.18 Å². The Labute approximate surface area is 125 Å². The summed E-state index contributed by atoms with van der Waals surface area (Å²) >= 11 is 3.10. The smallest absolute Gasteiger partial charge is 0.160 e. The normalized spacial score (nSPS) is 10.9. The minimum Gasteiger partial charge on any atom is -0.399 e. The highest BCUT2D eigenvalue weighted by molar-refractivity contribution is 9.10. The van der Waals surface area contributed by atoms with Crippen molar-refractivity contribution >= 4 is 33.5 Å². The van der Waals surface area contributed by atoms with Crippen LogP contribution in [0.4, 0.5) is 10.1 Å². The summed E-state index contributed by atoms with van der Waals surface area (Å²) in [5, 5.41) is 0. The molecule has 2 aromatic rings. The minimum absolute atomic E-state index is 0.0414. The van der Waals surface area contributed by atoms with Crippen molar-refractivity contribution in [3.8, 4) is 0 Å². The largest absolute Gasteiger partial charge is 0.399 e. The van der Waals surface area contributed by atoms with Gasteiger partial charge in [-0.05, 0) is 57.4 Å². The topological polar surface area (TPSA) is 43.1 Å². The maximum absolute atomic E-state index is 13.1. The van der Waals surface area contributed by atoms with Crippen molar-refractivity contribution in [1.82, 2.24) is 0 Å². The third kappa shape index (κ3) is 4.03. The Bertz CT molecular complexity index is 650. The zero-order valence-electron chi connectivity index (χ0n) is 10.6. The molecule has 0 amide bonds. The summed E-state index contributed by atoms with van der Waals surface area (Å²) in [6.07, 6.45) is 3.49. The summed E-state index contributed by atoms with van der Waals surface area (Å²) in [7, 11) is 0. The molecule has 4 heteroatoms. The van der Waals surface area contributed by atoms with Crippen molar-refractivity contribution in [1.29, 1.82) is 0 Å². The second kappa shape index (κ2) is 6.48. The van der Waals surface area contributed by atoms with E-state index >= 15 is 0 Å². The molecule has 0 heterocycles. The van der Waals surface area contributed by atoms with Gasteiger partial charge in [-0.2, -0.15) is 0 Å². The van der Waals surface area contributed by atoms with Gasteiger partial charge in [-0.3, -0.25) is 4.79 Å². The first-order chi connectivity index (χ1) is 9.54. The Kier molecular flexibility index (Phi) is 4.69. The number of allylic oxidation sites excluding steroid dienone is 1. The third-order valence-electron chi connectivity index (χ3n) is 2.76. The molecule has 0 saturated carbocycles. The second-order valence-electron chi connectivity index (χ2n) is 4.39. The summed E-state index contributed by atoms with van der Waals surface area (Å²) in [5.41, 5.74) is 7.95. The minimum atomic E-state index is -0.335. The number of rotatable bonds is 4. The van der Waals surface area contributed by atoms with Crippen LogP contribution in [0.1, 0.15) is 11.1 Å². The second-order valence-corrected chi connectivity index (χ2v) is 5.25. The number of benzene rings is 2. The lowest BCUT2D eigenvalue weighted by Gasteiger charge is -2.00. The van der Waals surface area contributed by atoms with Gasteiger partial charge in [0.15, 0.2) is 5.78 Å². The van der Waals surface area contributed by atoms with Gasteiger partial charge in [0, 0.05) is 12.1 Å². The molecule has 2 aromatic carbocycles. The maximum atomic E-state index is 13.1. The first-order valence-electron chi connectivity index (χ1n) is 6.05. The van der Waals surface area contributed by atoms with Crippen LogP contribution in [0.25, 0.3) is 6.08 Å². The van der Waals surface area contributed by atoms with E-state index in [0.717, 1.165) is 11.1 Å². The van der Waals surface area contributed by atoms with Crippen LogP contribution >= 0.6 is 15.9 Å². The maximum Gasteiger partial charge on any atom is 0.160 e. The Morgan fingerprint density at radius 3 is 2.55 bits per heavy atom. The van der Waals surface area contributed by atoms with E-state index in [0.29, 0.717) is 10.2 Å². The lowest BCUT2D eigenvalue weighted by Crippen LogP contribution is -1.98. The fourth-order valence-electron chi connectivity index (χ4n) is 1.71. The predicted octanol–water partition coefficient (Wildman–Crippen LogP) is 4.00. The number of carbonyl (C=O) groups excluding carboxylic acids is 1. The summed E-state index contributed by atoms with van der Waals surface area (Å²) < 4.78 is 13.4. The van der Waals surface area contributed by atoms with E-state index in [4.69, 9.17) is 5.73 Å². The predicted molar refractivity (Wildman–Crippen MR) is 82.7 cm³/mol.